The van der Waals surface area contributed by atoms with Crippen molar-refractivity contribution in [2.45, 2.75) is 13.8 Å². The largest absolute Gasteiger partial charge is 0.456 e. The van der Waals surface area contributed by atoms with Crippen LogP contribution < -0.4 is 0 Å². The number of hydrogen-bond acceptors (Lipinski definition) is 4. The summed E-state index contributed by atoms with van der Waals surface area (Å²) in [5.74, 6) is 0.742. The van der Waals surface area contributed by atoms with E-state index in [1.54, 1.807) is 11.3 Å². The van der Waals surface area contributed by atoms with Crippen LogP contribution in [0.5, 0.6) is 0 Å². The van der Waals surface area contributed by atoms with Gasteiger partial charge in [0.1, 0.15) is 11.2 Å². The molecule has 0 amide bonds. The van der Waals surface area contributed by atoms with Crippen molar-refractivity contribution in [1.82, 2.24) is 9.97 Å². The van der Waals surface area contributed by atoms with E-state index in [1.807, 2.05) is 6.92 Å². The maximum absolute atomic E-state index is 6.22. The molecule has 8 rings (SSSR count). The van der Waals surface area contributed by atoms with E-state index in [1.165, 1.54) is 42.4 Å². The summed E-state index contributed by atoms with van der Waals surface area (Å²) in [4.78, 5) is 10.4. The molecule has 38 heavy (non-hydrogen) atoms. The first kappa shape index (κ1) is 21.5. The van der Waals surface area contributed by atoms with E-state index in [0.717, 1.165) is 44.0 Å². The van der Waals surface area contributed by atoms with Gasteiger partial charge in [0.05, 0.1) is 15.9 Å². The third-order valence-electron chi connectivity index (χ3n) is 7.53. The average molecular weight is 507 g/mol. The molecule has 0 aliphatic carbocycles. The first-order valence-corrected chi connectivity index (χ1v) is 13.6. The Morgan fingerprint density at radius 1 is 0.737 bits per heavy atom. The summed E-state index contributed by atoms with van der Waals surface area (Å²) in [5.41, 5.74) is 5.96. The standard InChI is InChI=1S/C34H22N2OS/c1-3-9-19(4-2)31-33-32(24-10-5-6-15-28(24)38-33)36-34(35-31)20-16-17-21-22-11-7-13-26-29(22)30-23(25(21)18-20)12-8-14-27(30)37-26/h3-18H,1-2H3/b9-3-,19-4+. The lowest BCUT2D eigenvalue weighted by atomic mass is 9.93. The maximum atomic E-state index is 6.22. The molecule has 0 N–H and O–H groups in total. The van der Waals surface area contributed by atoms with Crippen molar-refractivity contribution in [2.24, 2.45) is 0 Å². The van der Waals surface area contributed by atoms with Gasteiger partial charge in [-0.3, -0.25) is 0 Å². The van der Waals surface area contributed by atoms with Crippen molar-refractivity contribution >= 4 is 80.7 Å². The van der Waals surface area contributed by atoms with Gasteiger partial charge in [-0.1, -0.05) is 72.8 Å². The number of nitrogens with zero attached hydrogens (tertiary/aromatic N) is 2. The molecule has 0 aliphatic heterocycles. The Hall–Kier alpha value is -4.54. The van der Waals surface area contributed by atoms with Gasteiger partial charge in [-0.05, 0) is 65.2 Å². The number of allylic oxidation sites excluding steroid dienone is 4. The minimum Gasteiger partial charge on any atom is -0.456 e. The number of furan rings is 1. The lowest BCUT2D eigenvalue weighted by Gasteiger charge is -2.11. The number of fused-ring (bicyclic) bond motifs is 6. The molecule has 8 aromatic rings. The quantitative estimate of drug-likeness (QED) is 0.177. The van der Waals surface area contributed by atoms with Gasteiger partial charge in [-0.15, -0.1) is 11.3 Å². The molecule has 0 unspecified atom stereocenters. The normalized spacial score (nSPS) is 13.1. The molecule has 3 nitrogen and oxygen atoms in total. The van der Waals surface area contributed by atoms with Gasteiger partial charge < -0.3 is 4.42 Å². The minimum absolute atomic E-state index is 0.742. The second-order valence-electron chi connectivity index (χ2n) is 9.64. The van der Waals surface area contributed by atoms with Crippen LogP contribution in [0.25, 0.3) is 80.7 Å². The second-order valence-corrected chi connectivity index (χ2v) is 10.7. The Labute approximate surface area is 222 Å². The molecule has 0 bridgehead atoms. The number of aromatic nitrogens is 2. The van der Waals surface area contributed by atoms with Crippen molar-refractivity contribution in [3.05, 3.63) is 103 Å². The van der Waals surface area contributed by atoms with Gasteiger partial charge in [0.2, 0.25) is 0 Å². The third-order valence-corrected chi connectivity index (χ3v) is 8.70. The summed E-state index contributed by atoms with van der Waals surface area (Å²) in [5, 5.41) is 8.38. The summed E-state index contributed by atoms with van der Waals surface area (Å²) < 4.78 is 8.57. The molecular formula is C34H22N2OS. The summed E-state index contributed by atoms with van der Waals surface area (Å²) in [6.45, 7) is 4.11. The molecule has 0 saturated heterocycles. The molecule has 180 valence electrons. The second kappa shape index (κ2) is 7.98. The number of thiophene rings is 1. The first-order valence-electron chi connectivity index (χ1n) is 12.8. The fourth-order valence-corrected chi connectivity index (χ4v) is 7.02. The highest BCUT2D eigenvalue weighted by molar-refractivity contribution is 7.26. The smallest absolute Gasteiger partial charge is 0.160 e. The van der Waals surface area contributed by atoms with Crippen molar-refractivity contribution < 1.29 is 4.42 Å². The molecule has 0 fully saturated rings. The lowest BCUT2D eigenvalue weighted by molar-refractivity contribution is 0.669. The topological polar surface area (TPSA) is 38.9 Å². The summed E-state index contributed by atoms with van der Waals surface area (Å²) in [6, 6.07) is 27.8. The highest BCUT2D eigenvalue weighted by atomic mass is 32.1. The minimum atomic E-state index is 0.742. The van der Waals surface area contributed by atoms with Crippen LogP contribution in [0.4, 0.5) is 0 Å². The summed E-state index contributed by atoms with van der Waals surface area (Å²) >= 11 is 1.76. The Balaban J connectivity index is 1.47. The van der Waals surface area contributed by atoms with Gasteiger partial charge in [0.15, 0.2) is 5.82 Å². The Morgan fingerprint density at radius 3 is 2.24 bits per heavy atom. The third kappa shape index (κ3) is 2.89. The van der Waals surface area contributed by atoms with E-state index < -0.39 is 0 Å². The van der Waals surface area contributed by atoms with Crippen LogP contribution >= 0.6 is 11.3 Å². The number of hydrogen-bond donors (Lipinski definition) is 0. The Morgan fingerprint density at radius 2 is 1.47 bits per heavy atom. The number of rotatable bonds is 3. The van der Waals surface area contributed by atoms with Crippen LogP contribution in [0.3, 0.4) is 0 Å². The van der Waals surface area contributed by atoms with Crippen LogP contribution in [0.1, 0.15) is 19.5 Å². The van der Waals surface area contributed by atoms with Crippen LogP contribution in [-0.4, -0.2) is 9.97 Å². The predicted octanol–water partition coefficient (Wildman–Crippen LogP) is 10.1. The molecule has 0 atom stereocenters. The van der Waals surface area contributed by atoms with Crippen LogP contribution in [0, 0.1) is 0 Å². The molecular weight excluding hydrogens is 484 g/mol. The summed E-state index contributed by atoms with van der Waals surface area (Å²) in [7, 11) is 0. The summed E-state index contributed by atoms with van der Waals surface area (Å²) in [6.07, 6.45) is 6.33. The van der Waals surface area contributed by atoms with Crippen LogP contribution in [0.15, 0.2) is 102 Å². The first-order chi connectivity index (χ1) is 18.7. The molecule has 5 aromatic carbocycles. The zero-order valence-corrected chi connectivity index (χ0v) is 21.8. The molecule has 3 heterocycles. The van der Waals surface area contributed by atoms with E-state index in [4.69, 9.17) is 14.4 Å². The van der Waals surface area contributed by atoms with E-state index >= 15 is 0 Å². The van der Waals surface area contributed by atoms with E-state index in [2.05, 4.69) is 104 Å². The SMILES string of the molecule is C/C=C\C(=C/C)c1nc(-c2ccc3c(c2)c2cccc4oc5cccc3c5c42)nc2c1sc1ccccc12. The predicted molar refractivity (Wildman–Crippen MR) is 162 cm³/mol. The Bertz CT molecular complexity index is 2260. The average Bonchev–Trinajstić information content (AvgIpc) is 3.54. The van der Waals surface area contributed by atoms with Crippen molar-refractivity contribution in [2.75, 3.05) is 0 Å². The van der Waals surface area contributed by atoms with Gasteiger partial charge >= 0.3 is 0 Å². The fourth-order valence-electron chi connectivity index (χ4n) is 5.86. The van der Waals surface area contributed by atoms with Gasteiger partial charge in [-0.2, -0.15) is 0 Å². The van der Waals surface area contributed by atoms with Crippen LogP contribution in [0.2, 0.25) is 0 Å². The molecule has 0 radical (unpaired) electrons. The van der Waals surface area contributed by atoms with Gasteiger partial charge in [0, 0.05) is 26.4 Å². The zero-order chi connectivity index (χ0) is 25.4. The maximum Gasteiger partial charge on any atom is 0.160 e. The van der Waals surface area contributed by atoms with Gasteiger partial charge in [0.25, 0.3) is 0 Å². The molecule has 0 aliphatic rings. The molecule has 3 aromatic heterocycles. The number of benzene rings is 5. The monoisotopic (exact) mass is 506 g/mol. The molecule has 4 heteroatoms. The van der Waals surface area contributed by atoms with Crippen LogP contribution in [-0.2, 0) is 0 Å². The zero-order valence-electron chi connectivity index (χ0n) is 20.9. The van der Waals surface area contributed by atoms with E-state index in [-0.39, 0.29) is 0 Å². The van der Waals surface area contributed by atoms with Gasteiger partial charge in [-0.25, -0.2) is 9.97 Å². The Kier molecular flexibility index (Phi) is 4.52. The van der Waals surface area contributed by atoms with Crippen molar-refractivity contribution in [1.29, 1.82) is 0 Å². The molecule has 0 spiro atoms. The van der Waals surface area contributed by atoms with E-state index in [0.29, 0.717) is 0 Å². The van der Waals surface area contributed by atoms with Crippen molar-refractivity contribution in [3.63, 3.8) is 0 Å². The highest BCUT2D eigenvalue weighted by Gasteiger charge is 2.19. The molecule has 0 saturated carbocycles. The fraction of sp³-hybridized carbons (Fsp3) is 0.0588. The van der Waals surface area contributed by atoms with Crippen molar-refractivity contribution in [3.8, 4) is 11.4 Å². The lowest BCUT2D eigenvalue weighted by Crippen LogP contribution is -1.96. The highest BCUT2D eigenvalue weighted by Crippen LogP contribution is 2.43. The van der Waals surface area contributed by atoms with E-state index in [9.17, 15) is 0 Å².